The molecule has 0 saturated carbocycles. The molecule has 2 aromatic rings. The molecule has 2 aliphatic rings. The third-order valence-corrected chi connectivity index (χ3v) is 7.47. The van der Waals surface area contributed by atoms with Crippen LogP contribution in [0.15, 0.2) is 40.6 Å². The topological polar surface area (TPSA) is 186 Å². The third-order valence-electron chi connectivity index (χ3n) is 7.47. The minimum atomic E-state index is -0.740. The first-order valence-electron chi connectivity index (χ1n) is 15.7. The van der Waals surface area contributed by atoms with E-state index < -0.39 is 23.6 Å². The Kier molecular flexibility index (Phi) is 11.9. The first-order valence-corrected chi connectivity index (χ1v) is 15.7. The number of piperidine rings is 1. The van der Waals surface area contributed by atoms with Crippen molar-refractivity contribution in [2.75, 3.05) is 33.9 Å². The van der Waals surface area contributed by atoms with Gasteiger partial charge in [-0.15, -0.1) is 0 Å². The van der Waals surface area contributed by atoms with Gasteiger partial charge in [-0.2, -0.15) is 10.2 Å². The molecule has 15 heteroatoms. The first kappa shape index (κ1) is 35.6. The SMILES string of the molecule is COc1cc(/N=N/c2cccc3c2CN(C2CCC(=O)NC2=O)C3=O)cc(OC)c1OCC(=O)NCCCCCNC(=O)OC(C)(C)C. The van der Waals surface area contributed by atoms with Crippen LogP contribution in [0.4, 0.5) is 16.2 Å². The number of azo groups is 1. The van der Waals surface area contributed by atoms with Crippen molar-refractivity contribution in [1.29, 1.82) is 0 Å². The van der Waals surface area contributed by atoms with Crippen molar-refractivity contribution in [3.05, 3.63) is 41.5 Å². The fourth-order valence-electron chi connectivity index (χ4n) is 5.19. The van der Waals surface area contributed by atoms with Crippen LogP contribution in [0.3, 0.4) is 0 Å². The van der Waals surface area contributed by atoms with Gasteiger partial charge in [0.2, 0.25) is 17.6 Å². The summed E-state index contributed by atoms with van der Waals surface area (Å²) in [6, 6.07) is 7.49. The van der Waals surface area contributed by atoms with Crippen LogP contribution in [0.25, 0.3) is 0 Å². The monoisotopic (exact) mass is 666 g/mol. The van der Waals surface area contributed by atoms with Crippen molar-refractivity contribution in [3.63, 3.8) is 0 Å². The molecule has 0 radical (unpaired) electrons. The van der Waals surface area contributed by atoms with Gasteiger partial charge in [-0.1, -0.05) is 6.07 Å². The van der Waals surface area contributed by atoms with E-state index in [1.807, 2.05) is 0 Å². The highest BCUT2D eigenvalue weighted by Crippen LogP contribution is 2.42. The number of amides is 5. The summed E-state index contributed by atoms with van der Waals surface area (Å²) in [5, 5.41) is 16.5. The third kappa shape index (κ3) is 9.42. The molecule has 2 aliphatic heterocycles. The molecule has 1 fully saturated rings. The van der Waals surface area contributed by atoms with Gasteiger partial charge < -0.3 is 34.5 Å². The summed E-state index contributed by atoms with van der Waals surface area (Å²) >= 11 is 0. The zero-order valence-corrected chi connectivity index (χ0v) is 27.8. The fraction of sp³-hybridized carbons (Fsp3) is 0.485. The number of carbonyl (C=O) groups excluding carboxylic acids is 5. The minimum absolute atomic E-state index is 0.155. The summed E-state index contributed by atoms with van der Waals surface area (Å²) in [6.07, 6.45) is 2.24. The zero-order valence-electron chi connectivity index (χ0n) is 27.8. The van der Waals surface area contributed by atoms with E-state index in [1.165, 1.54) is 19.1 Å². The number of nitrogens with one attached hydrogen (secondary N) is 3. The van der Waals surface area contributed by atoms with Crippen molar-refractivity contribution < 1.29 is 42.9 Å². The predicted molar refractivity (Wildman–Crippen MR) is 173 cm³/mol. The highest BCUT2D eigenvalue weighted by Gasteiger charge is 2.40. The summed E-state index contributed by atoms with van der Waals surface area (Å²) in [7, 11) is 2.89. The van der Waals surface area contributed by atoms with E-state index in [4.69, 9.17) is 18.9 Å². The number of hydrogen-bond acceptors (Lipinski definition) is 11. The van der Waals surface area contributed by atoms with E-state index in [2.05, 4.69) is 26.2 Å². The van der Waals surface area contributed by atoms with Crippen LogP contribution >= 0.6 is 0 Å². The number of carbonyl (C=O) groups is 5. The van der Waals surface area contributed by atoms with Gasteiger partial charge in [-0.3, -0.25) is 24.5 Å². The van der Waals surface area contributed by atoms with Crippen LogP contribution < -0.4 is 30.2 Å². The largest absolute Gasteiger partial charge is 0.493 e. The van der Waals surface area contributed by atoms with E-state index in [9.17, 15) is 24.0 Å². The number of rotatable bonds is 14. The number of hydrogen-bond donors (Lipinski definition) is 3. The second kappa shape index (κ2) is 16.1. The van der Waals surface area contributed by atoms with Gasteiger partial charge in [-0.25, -0.2) is 4.79 Å². The molecule has 1 saturated heterocycles. The molecule has 3 N–H and O–H groups in total. The Morgan fingerprint density at radius 3 is 2.31 bits per heavy atom. The lowest BCUT2D eigenvalue weighted by Crippen LogP contribution is -2.52. The van der Waals surface area contributed by atoms with Crippen LogP contribution in [0.1, 0.15) is 68.8 Å². The standard InChI is InChI=1S/C33H42N6O9/c1-33(2,3)48-32(44)35-15-8-6-7-14-34-28(41)19-47-29-25(45-4)16-20(17-26(29)46-5)37-38-23-11-9-10-21-22(23)18-39(31(21)43)24-12-13-27(40)36-30(24)42/h9-11,16-17,24H,6-8,12-15,18-19H2,1-5H3,(H,34,41)(H,35,44)(H,36,40,42)/b38-37+. The maximum Gasteiger partial charge on any atom is 0.407 e. The lowest BCUT2D eigenvalue weighted by atomic mass is 10.0. The Hall–Kier alpha value is -5.21. The molecule has 1 atom stereocenters. The number of methoxy groups -OCH3 is 2. The summed E-state index contributed by atoms with van der Waals surface area (Å²) in [5.74, 6) is -0.719. The smallest absolute Gasteiger partial charge is 0.407 e. The molecule has 48 heavy (non-hydrogen) atoms. The highest BCUT2D eigenvalue weighted by atomic mass is 16.6. The molecular formula is C33H42N6O9. The Morgan fingerprint density at radius 2 is 1.67 bits per heavy atom. The van der Waals surface area contributed by atoms with Gasteiger partial charge in [0, 0.05) is 49.3 Å². The second-order valence-corrected chi connectivity index (χ2v) is 12.2. The predicted octanol–water partition coefficient (Wildman–Crippen LogP) is 4.07. The lowest BCUT2D eigenvalue weighted by Gasteiger charge is -2.29. The van der Waals surface area contributed by atoms with E-state index in [-0.39, 0.29) is 61.0 Å². The number of fused-ring (bicyclic) bond motifs is 1. The summed E-state index contributed by atoms with van der Waals surface area (Å²) < 4.78 is 21.9. The van der Waals surface area contributed by atoms with E-state index in [0.29, 0.717) is 35.6 Å². The van der Waals surface area contributed by atoms with E-state index in [1.54, 1.807) is 51.1 Å². The van der Waals surface area contributed by atoms with Gasteiger partial charge in [0.05, 0.1) is 25.6 Å². The number of ether oxygens (including phenoxy) is 4. The molecule has 0 bridgehead atoms. The first-order chi connectivity index (χ1) is 22.9. The van der Waals surface area contributed by atoms with Gasteiger partial charge >= 0.3 is 6.09 Å². The molecule has 0 aromatic heterocycles. The van der Waals surface area contributed by atoms with Crippen molar-refractivity contribution in [2.45, 2.75) is 71.1 Å². The number of imide groups is 1. The Balaban J connectivity index is 1.31. The summed E-state index contributed by atoms with van der Waals surface area (Å²) in [5.41, 5.74) is 1.31. The molecule has 2 aromatic carbocycles. The van der Waals surface area contributed by atoms with Crippen molar-refractivity contribution >= 4 is 41.1 Å². The molecule has 0 aliphatic carbocycles. The van der Waals surface area contributed by atoms with E-state index >= 15 is 0 Å². The maximum absolute atomic E-state index is 13.1. The number of unbranched alkanes of at least 4 members (excludes halogenated alkanes) is 2. The maximum atomic E-state index is 13.1. The van der Waals surface area contributed by atoms with Crippen molar-refractivity contribution in [3.8, 4) is 17.2 Å². The fourth-order valence-corrected chi connectivity index (χ4v) is 5.19. The van der Waals surface area contributed by atoms with Crippen LogP contribution in [-0.2, 0) is 25.7 Å². The molecule has 1 unspecified atom stereocenters. The summed E-state index contributed by atoms with van der Waals surface area (Å²) in [6.45, 7) is 6.22. The van der Waals surface area contributed by atoms with Gasteiger partial charge in [-0.05, 0) is 58.6 Å². The highest BCUT2D eigenvalue weighted by molar-refractivity contribution is 6.06. The van der Waals surface area contributed by atoms with Gasteiger partial charge in [0.15, 0.2) is 18.1 Å². The molecule has 0 spiro atoms. The normalized spacial score (nSPS) is 16.0. The molecule has 258 valence electrons. The number of nitrogens with zero attached hydrogens (tertiary/aromatic N) is 3. The van der Waals surface area contributed by atoms with Gasteiger partial charge in [0.1, 0.15) is 11.6 Å². The summed E-state index contributed by atoms with van der Waals surface area (Å²) in [4.78, 5) is 62.7. The average Bonchev–Trinajstić information content (AvgIpc) is 3.37. The lowest BCUT2D eigenvalue weighted by molar-refractivity contribution is -0.137. The Bertz CT molecular complexity index is 1540. The van der Waals surface area contributed by atoms with E-state index in [0.717, 1.165) is 19.3 Å². The zero-order chi connectivity index (χ0) is 34.8. The van der Waals surface area contributed by atoms with Crippen LogP contribution in [0.5, 0.6) is 17.2 Å². The van der Waals surface area contributed by atoms with Crippen LogP contribution in [0, 0.1) is 0 Å². The second-order valence-electron chi connectivity index (χ2n) is 12.2. The number of alkyl carbamates (subject to hydrolysis) is 1. The van der Waals surface area contributed by atoms with Crippen molar-refractivity contribution in [2.24, 2.45) is 10.2 Å². The molecule has 4 rings (SSSR count). The average molecular weight is 667 g/mol. The molecule has 2 heterocycles. The van der Waals surface area contributed by atoms with Crippen molar-refractivity contribution in [1.82, 2.24) is 20.9 Å². The molecule has 15 nitrogen and oxygen atoms in total. The van der Waals surface area contributed by atoms with Gasteiger partial charge in [0.25, 0.3) is 11.8 Å². The number of benzene rings is 2. The Labute approximate surface area is 278 Å². The molecule has 5 amide bonds. The minimum Gasteiger partial charge on any atom is -0.493 e. The van der Waals surface area contributed by atoms with Crippen LogP contribution in [-0.4, -0.2) is 80.2 Å². The Morgan fingerprint density at radius 1 is 0.979 bits per heavy atom. The molecular weight excluding hydrogens is 624 g/mol. The van der Waals surface area contributed by atoms with Crippen LogP contribution in [0.2, 0.25) is 0 Å². The quantitative estimate of drug-likeness (QED) is 0.152.